The lowest BCUT2D eigenvalue weighted by atomic mass is 10.2. The van der Waals surface area contributed by atoms with Gasteiger partial charge in [-0.25, -0.2) is 14.6 Å². The van der Waals surface area contributed by atoms with E-state index in [9.17, 15) is 14.4 Å². The molecule has 0 saturated heterocycles. The van der Waals surface area contributed by atoms with Gasteiger partial charge < -0.3 is 9.88 Å². The third kappa shape index (κ3) is 4.01. The number of anilines is 2. The van der Waals surface area contributed by atoms with Crippen LogP contribution in [-0.4, -0.2) is 34.9 Å². The zero-order chi connectivity index (χ0) is 23.2. The largest absolute Gasteiger partial charge is 0.332 e. The highest BCUT2D eigenvalue weighted by molar-refractivity contribution is 8.01. The Hall–Kier alpha value is -3.16. The number of halogens is 1. The summed E-state index contributed by atoms with van der Waals surface area (Å²) in [7, 11) is 4.65. The van der Waals surface area contributed by atoms with Crippen molar-refractivity contribution in [3.05, 3.63) is 49.6 Å². The fraction of sp³-hybridized carbons (Fsp3) is 0.222. The summed E-state index contributed by atoms with van der Waals surface area (Å²) in [6, 6.07) is 4.78. The maximum Gasteiger partial charge on any atom is 0.332 e. The van der Waals surface area contributed by atoms with Crippen molar-refractivity contribution in [2.45, 2.75) is 16.4 Å². The number of carbonyl (C=O) groups excluding carboxylic acids is 1. The molecule has 11 nitrogen and oxygen atoms in total. The van der Waals surface area contributed by atoms with Crippen LogP contribution in [0.2, 0.25) is 5.02 Å². The molecule has 2 amide bonds. The van der Waals surface area contributed by atoms with E-state index in [4.69, 9.17) is 11.6 Å². The maximum absolute atomic E-state index is 12.5. The first-order chi connectivity index (χ1) is 15.2. The van der Waals surface area contributed by atoms with Gasteiger partial charge in [0.2, 0.25) is 5.13 Å². The fourth-order valence-electron chi connectivity index (χ4n) is 2.94. The van der Waals surface area contributed by atoms with E-state index in [0.29, 0.717) is 25.7 Å². The molecule has 3 aromatic heterocycles. The molecule has 4 aromatic rings. The van der Waals surface area contributed by atoms with Crippen molar-refractivity contribution in [1.82, 2.24) is 28.9 Å². The van der Waals surface area contributed by atoms with Crippen LogP contribution in [-0.2, 0) is 21.1 Å². The first-order valence-electron chi connectivity index (χ1n) is 9.13. The molecule has 1 aromatic carbocycles. The molecule has 4 rings (SSSR count). The zero-order valence-electron chi connectivity index (χ0n) is 17.3. The van der Waals surface area contributed by atoms with Crippen LogP contribution in [0.15, 0.2) is 37.3 Å². The third-order valence-corrected chi connectivity index (χ3v) is 6.86. The maximum atomic E-state index is 12.5. The minimum Gasteiger partial charge on any atom is -0.316 e. The smallest absolute Gasteiger partial charge is 0.316 e. The summed E-state index contributed by atoms with van der Waals surface area (Å²) in [5, 5.41) is 14.4. The molecule has 0 saturated carbocycles. The summed E-state index contributed by atoms with van der Waals surface area (Å²) in [6.45, 7) is 1.90. The number of carbonyl (C=O) groups is 1. The molecule has 0 fully saturated rings. The van der Waals surface area contributed by atoms with Crippen molar-refractivity contribution >= 4 is 62.7 Å². The number of fused-ring (bicyclic) bond motifs is 1. The number of aryl methyl sites for hydroxylation is 3. The lowest BCUT2D eigenvalue weighted by Crippen LogP contribution is -2.37. The van der Waals surface area contributed by atoms with E-state index in [-0.39, 0.29) is 10.8 Å². The first-order valence-corrected chi connectivity index (χ1v) is 11.1. The van der Waals surface area contributed by atoms with Crippen molar-refractivity contribution < 1.29 is 4.79 Å². The van der Waals surface area contributed by atoms with Crippen LogP contribution in [0.5, 0.6) is 0 Å². The Morgan fingerprint density at radius 2 is 1.84 bits per heavy atom. The second-order valence-corrected chi connectivity index (χ2v) is 9.47. The van der Waals surface area contributed by atoms with Crippen LogP contribution in [0, 0.1) is 6.92 Å². The summed E-state index contributed by atoms with van der Waals surface area (Å²) in [5.41, 5.74) is 1.14. The monoisotopic (exact) mass is 492 g/mol. The van der Waals surface area contributed by atoms with Gasteiger partial charge in [0.25, 0.3) is 5.56 Å². The molecule has 2 N–H and O–H groups in total. The Balaban J connectivity index is 1.53. The molecular formula is C18H17ClN8O3S2. The Kier molecular flexibility index (Phi) is 5.79. The third-order valence-electron chi connectivity index (χ3n) is 4.61. The Bertz CT molecular complexity index is 1490. The molecular weight excluding hydrogens is 476 g/mol. The molecule has 0 bridgehead atoms. The molecule has 0 radical (unpaired) electrons. The zero-order valence-corrected chi connectivity index (χ0v) is 19.7. The highest BCUT2D eigenvalue weighted by Crippen LogP contribution is 2.32. The average molecular weight is 493 g/mol. The van der Waals surface area contributed by atoms with E-state index in [0.717, 1.165) is 21.5 Å². The van der Waals surface area contributed by atoms with Gasteiger partial charge in [0.1, 0.15) is 0 Å². The second-order valence-electron chi connectivity index (χ2n) is 6.87. The van der Waals surface area contributed by atoms with Gasteiger partial charge in [-0.05, 0) is 36.4 Å². The summed E-state index contributed by atoms with van der Waals surface area (Å²) in [5.74, 6) is 0. The summed E-state index contributed by atoms with van der Waals surface area (Å²) in [4.78, 5) is 41.3. The lowest BCUT2D eigenvalue weighted by molar-refractivity contribution is 0.262. The van der Waals surface area contributed by atoms with Crippen LogP contribution in [0.4, 0.5) is 15.6 Å². The molecule has 0 unspecified atom stereocenters. The molecule has 0 atom stereocenters. The van der Waals surface area contributed by atoms with E-state index in [2.05, 4.69) is 25.8 Å². The summed E-state index contributed by atoms with van der Waals surface area (Å²) in [6.07, 6.45) is 0. The molecule has 0 aliphatic carbocycles. The number of hydrogen-bond acceptors (Lipinski definition) is 8. The minimum atomic E-state index is -0.510. The predicted octanol–water partition coefficient (Wildman–Crippen LogP) is 2.58. The van der Waals surface area contributed by atoms with Crippen molar-refractivity contribution in [2.24, 2.45) is 21.1 Å². The van der Waals surface area contributed by atoms with Crippen LogP contribution in [0.25, 0.3) is 11.2 Å². The Labute approximate surface area is 194 Å². The number of hydrogen-bond donors (Lipinski definition) is 2. The quantitative estimate of drug-likeness (QED) is 0.419. The van der Waals surface area contributed by atoms with Gasteiger partial charge in [0.05, 0.1) is 10.7 Å². The molecule has 32 heavy (non-hydrogen) atoms. The number of imidazole rings is 1. The van der Waals surface area contributed by atoms with E-state index in [1.165, 1.54) is 23.4 Å². The van der Waals surface area contributed by atoms with Crippen LogP contribution < -0.4 is 21.9 Å². The fourth-order valence-corrected chi connectivity index (χ4v) is 4.92. The first kappa shape index (κ1) is 22.0. The topological polar surface area (TPSA) is 129 Å². The number of benzene rings is 1. The van der Waals surface area contributed by atoms with Crippen molar-refractivity contribution in [1.29, 1.82) is 0 Å². The number of nitrogens with zero attached hydrogens (tertiary/aromatic N) is 6. The van der Waals surface area contributed by atoms with Crippen LogP contribution >= 0.6 is 34.7 Å². The summed E-state index contributed by atoms with van der Waals surface area (Å²) < 4.78 is 4.44. The van der Waals surface area contributed by atoms with Gasteiger partial charge in [-0.2, -0.15) is 0 Å². The van der Waals surface area contributed by atoms with Crippen molar-refractivity contribution in [3.63, 3.8) is 0 Å². The van der Waals surface area contributed by atoms with Gasteiger partial charge in [0.15, 0.2) is 20.7 Å². The highest BCUT2D eigenvalue weighted by atomic mass is 35.5. The second kappa shape index (κ2) is 8.41. The predicted molar refractivity (Wildman–Crippen MR) is 124 cm³/mol. The van der Waals surface area contributed by atoms with Crippen LogP contribution in [0.3, 0.4) is 0 Å². The van der Waals surface area contributed by atoms with E-state index >= 15 is 0 Å². The lowest BCUT2D eigenvalue weighted by Gasteiger charge is -2.07. The van der Waals surface area contributed by atoms with Gasteiger partial charge in [-0.3, -0.25) is 19.2 Å². The normalized spacial score (nSPS) is 11.2. The minimum absolute atomic E-state index is 0.273. The van der Waals surface area contributed by atoms with E-state index in [1.54, 1.807) is 30.8 Å². The average Bonchev–Trinajstić information content (AvgIpc) is 3.31. The number of aromatic nitrogens is 6. The number of urea groups is 1. The number of amides is 2. The van der Waals surface area contributed by atoms with Crippen molar-refractivity contribution in [3.8, 4) is 0 Å². The molecule has 0 aliphatic rings. The number of rotatable bonds is 4. The van der Waals surface area contributed by atoms with Crippen LogP contribution in [0.1, 0.15) is 5.56 Å². The number of nitrogens with one attached hydrogen (secondary N) is 2. The van der Waals surface area contributed by atoms with E-state index in [1.807, 2.05) is 13.0 Å². The molecule has 0 spiro atoms. The molecule has 0 aliphatic heterocycles. The molecule has 3 heterocycles. The standard InChI is InChI=1S/C18H17ClN8O3S2/c1-8-5-6-10(9(19)7-8)20-14(29)22-15-23-24-17(31-15)32-16-21-12-11(25(16)2)13(28)27(4)18(30)26(12)3/h5-7H,1-4H3,(H2,20,22,23,29). The summed E-state index contributed by atoms with van der Waals surface area (Å²) >= 11 is 8.44. The van der Waals surface area contributed by atoms with Gasteiger partial charge in [-0.1, -0.05) is 29.0 Å². The Morgan fingerprint density at radius 1 is 1.09 bits per heavy atom. The highest BCUT2D eigenvalue weighted by Gasteiger charge is 2.19. The SMILES string of the molecule is Cc1ccc(NC(=O)Nc2nnc(Sc3nc4c(c(=O)n(C)c(=O)n4C)n3C)s2)c(Cl)c1. The van der Waals surface area contributed by atoms with Crippen molar-refractivity contribution in [2.75, 3.05) is 10.6 Å². The van der Waals surface area contributed by atoms with Gasteiger partial charge in [0, 0.05) is 21.1 Å². The van der Waals surface area contributed by atoms with Gasteiger partial charge >= 0.3 is 11.7 Å². The Morgan fingerprint density at radius 3 is 2.56 bits per heavy atom. The van der Waals surface area contributed by atoms with Gasteiger partial charge in [-0.15, -0.1) is 10.2 Å². The van der Waals surface area contributed by atoms with E-state index < -0.39 is 17.3 Å². The molecule has 166 valence electrons. The molecule has 14 heteroatoms.